The highest BCUT2D eigenvalue weighted by atomic mass is 32.2. The largest absolute Gasteiger partial charge is 0.497 e. The maximum absolute atomic E-state index is 12.5. The highest BCUT2D eigenvalue weighted by molar-refractivity contribution is 7.92. The number of rotatable bonds is 7. The van der Waals surface area contributed by atoms with Crippen molar-refractivity contribution in [1.29, 1.82) is 0 Å². The number of aryl methyl sites for hydroxylation is 1. The van der Waals surface area contributed by atoms with Crippen LogP contribution in [-0.4, -0.2) is 25.6 Å². The van der Waals surface area contributed by atoms with E-state index in [1.165, 1.54) is 32.2 Å². The summed E-state index contributed by atoms with van der Waals surface area (Å²) in [6.45, 7) is 1.48. The van der Waals surface area contributed by atoms with Crippen LogP contribution in [0.4, 0.5) is 11.4 Å². The van der Waals surface area contributed by atoms with Crippen molar-refractivity contribution in [3.63, 3.8) is 0 Å². The Morgan fingerprint density at radius 1 is 1.17 bits per heavy atom. The molecule has 3 rings (SSSR count). The average molecular weight is 415 g/mol. The number of nitrogens with one attached hydrogen (secondary N) is 1. The molecule has 0 aliphatic carbocycles. The molecule has 0 unspecified atom stereocenters. The van der Waals surface area contributed by atoms with Gasteiger partial charge in [0, 0.05) is 6.07 Å². The number of hydrogen-bond donors (Lipinski definition) is 1. The van der Waals surface area contributed by atoms with Gasteiger partial charge in [-0.1, -0.05) is 29.4 Å². The van der Waals surface area contributed by atoms with E-state index in [9.17, 15) is 18.5 Å². The third kappa shape index (κ3) is 4.61. The summed E-state index contributed by atoms with van der Waals surface area (Å²) >= 11 is 0. The van der Waals surface area contributed by atoms with E-state index in [0.29, 0.717) is 17.0 Å². The minimum atomic E-state index is -3.78. The molecule has 29 heavy (non-hydrogen) atoms. The molecule has 3 aromatic rings. The quantitative estimate of drug-likeness (QED) is 0.459. The Morgan fingerprint density at radius 2 is 1.90 bits per heavy atom. The van der Waals surface area contributed by atoms with Crippen LogP contribution >= 0.6 is 0 Å². The maximum atomic E-state index is 12.5. The molecule has 0 bridgehead atoms. The Hall–Kier alpha value is -3.66. The van der Waals surface area contributed by atoms with Crippen LogP contribution in [0.1, 0.15) is 17.0 Å². The monoisotopic (exact) mass is 415 g/mol. The van der Waals surface area contributed by atoms with Gasteiger partial charge in [0.15, 0.2) is 5.69 Å². The van der Waals surface area contributed by atoms with Gasteiger partial charge in [0.2, 0.25) is 5.76 Å². The van der Waals surface area contributed by atoms with Gasteiger partial charge >= 0.3 is 5.69 Å². The molecule has 0 radical (unpaired) electrons. The summed E-state index contributed by atoms with van der Waals surface area (Å²) in [5.41, 5.74) is 0.984. The predicted molar refractivity (Wildman–Crippen MR) is 107 cm³/mol. The maximum Gasteiger partial charge on any atom is 0.338 e. The van der Waals surface area contributed by atoms with Crippen molar-refractivity contribution in [3.8, 4) is 5.75 Å². The van der Waals surface area contributed by atoms with Crippen LogP contribution in [-0.2, 0) is 10.0 Å². The number of nitrogens with zero attached hydrogens (tertiary/aromatic N) is 2. The fourth-order valence-corrected chi connectivity index (χ4v) is 3.59. The number of hydrogen-bond acceptors (Lipinski definition) is 7. The van der Waals surface area contributed by atoms with E-state index in [2.05, 4.69) is 9.88 Å². The van der Waals surface area contributed by atoms with E-state index in [0.717, 1.165) is 0 Å². The van der Waals surface area contributed by atoms with Gasteiger partial charge in [-0.05, 0) is 42.8 Å². The van der Waals surface area contributed by atoms with Crippen LogP contribution < -0.4 is 9.46 Å². The summed E-state index contributed by atoms with van der Waals surface area (Å²) < 4.78 is 37.6. The van der Waals surface area contributed by atoms with Crippen LogP contribution in [0.5, 0.6) is 5.75 Å². The highest BCUT2D eigenvalue weighted by Crippen LogP contribution is 2.25. The van der Waals surface area contributed by atoms with Crippen molar-refractivity contribution in [1.82, 2.24) is 5.16 Å². The summed E-state index contributed by atoms with van der Waals surface area (Å²) in [6, 6.07) is 12.6. The summed E-state index contributed by atoms with van der Waals surface area (Å²) in [4.78, 5) is 10.6. The van der Waals surface area contributed by atoms with Gasteiger partial charge in [-0.2, -0.15) is 0 Å². The second-order valence-corrected chi connectivity index (χ2v) is 7.66. The molecule has 2 aromatic carbocycles. The summed E-state index contributed by atoms with van der Waals surface area (Å²) in [6.07, 6.45) is 2.98. The number of benzene rings is 2. The van der Waals surface area contributed by atoms with Gasteiger partial charge in [-0.15, -0.1) is 0 Å². The van der Waals surface area contributed by atoms with Crippen LogP contribution in [0.15, 0.2) is 57.9 Å². The minimum absolute atomic E-state index is 0.0175. The zero-order valence-electron chi connectivity index (χ0n) is 15.5. The Kier molecular flexibility index (Phi) is 5.64. The molecule has 1 aromatic heterocycles. The smallest absolute Gasteiger partial charge is 0.338 e. The van der Waals surface area contributed by atoms with Crippen LogP contribution in [0.3, 0.4) is 0 Å². The highest BCUT2D eigenvalue weighted by Gasteiger charge is 2.22. The molecule has 0 spiro atoms. The molecule has 1 N–H and O–H groups in total. The lowest BCUT2D eigenvalue weighted by molar-refractivity contribution is -0.386. The molecule has 9 nitrogen and oxygen atoms in total. The average Bonchev–Trinajstić information content (AvgIpc) is 3.07. The van der Waals surface area contributed by atoms with Crippen molar-refractivity contribution in [2.45, 2.75) is 11.8 Å². The molecular weight excluding hydrogens is 398 g/mol. The SMILES string of the molecule is COc1cccc(NS(=O)(=O)c2ccc(C=Cc3onc(C)c3[N+](=O)[O-])cc2)c1. The summed E-state index contributed by atoms with van der Waals surface area (Å²) in [7, 11) is -2.29. The molecule has 0 amide bonds. The lowest BCUT2D eigenvalue weighted by Crippen LogP contribution is -2.12. The number of nitro groups is 1. The molecule has 0 fully saturated rings. The lowest BCUT2D eigenvalue weighted by Gasteiger charge is -2.09. The Bertz CT molecular complexity index is 1170. The number of aromatic nitrogens is 1. The Labute approximate surface area is 166 Å². The Morgan fingerprint density at radius 3 is 2.55 bits per heavy atom. The second-order valence-electron chi connectivity index (χ2n) is 5.98. The predicted octanol–water partition coefficient (Wildman–Crippen LogP) is 3.87. The molecule has 10 heteroatoms. The lowest BCUT2D eigenvalue weighted by atomic mass is 10.2. The topological polar surface area (TPSA) is 125 Å². The first-order chi connectivity index (χ1) is 13.8. The van der Waals surface area contributed by atoms with Gasteiger partial charge in [0.25, 0.3) is 10.0 Å². The van der Waals surface area contributed by atoms with Crippen LogP contribution in [0.2, 0.25) is 0 Å². The third-order valence-corrected chi connectivity index (χ3v) is 5.38. The van der Waals surface area contributed by atoms with Crippen molar-refractivity contribution in [2.24, 2.45) is 0 Å². The fraction of sp³-hybridized carbons (Fsp3) is 0.105. The molecular formula is C19H17N3O6S. The first kappa shape index (κ1) is 20.1. The van der Waals surface area contributed by atoms with Crippen LogP contribution in [0, 0.1) is 17.0 Å². The van der Waals surface area contributed by atoms with Crippen molar-refractivity contribution in [3.05, 3.63) is 75.7 Å². The van der Waals surface area contributed by atoms with Gasteiger partial charge in [0.05, 0.1) is 22.6 Å². The molecule has 150 valence electrons. The fourth-order valence-electron chi connectivity index (χ4n) is 2.54. The zero-order valence-corrected chi connectivity index (χ0v) is 16.3. The van der Waals surface area contributed by atoms with Crippen molar-refractivity contribution < 1.29 is 22.6 Å². The van der Waals surface area contributed by atoms with Gasteiger partial charge < -0.3 is 9.26 Å². The first-order valence-electron chi connectivity index (χ1n) is 8.36. The molecule has 0 aliphatic rings. The standard InChI is InChI=1S/C19H17N3O6S/c1-13-19(22(23)24)18(28-20-13)11-8-14-6-9-17(10-7-14)29(25,26)21-15-4-3-5-16(12-15)27-2/h3-12,21H,1-2H3. The van der Waals surface area contributed by atoms with Crippen molar-refractivity contribution >= 4 is 33.6 Å². The van der Waals surface area contributed by atoms with Gasteiger partial charge in [0.1, 0.15) is 5.75 Å². The van der Waals surface area contributed by atoms with E-state index in [1.807, 2.05) is 0 Å². The first-order valence-corrected chi connectivity index (χ1v) is 9.84. The zero-order chi connectivity index (χ0) is 21.0. The molecule has 1 heterocycles. The van der Waals surface area contributed by atoms with Crippen LogP contribution in [0.25, 0.3) is 12.2 Å². The van der Waals surface area contributed by atoms with Gasteiger partial charge in [-0.25, -0.2) is 8.42 Å². The summed E-state index contributed by atoms with van der Waals surface area (Å²) in [5, 5.41) is 14.6. The number of anilines is 1. The third-order valence-electron chi connectivity index (χ3n) is 3.98. The van der Waals surface area contributed by atoms with E-state index in [1.54, 1.807) is 42.5 Å². The Balaban J connectivity index is 1.78. The summed E-state index contributed by atoms with van der Waals surface area (Å²) in [5.74, 6) is 0.548. The minimum Gasteiger partial charge on any atom is -0.497 e. The number of methoxy groups -OCH3 is 1. The number of sulfonamides is 1. The van der Waals surface area contributed by atoms with E-state index < -0.39 is 14.9 Å². The van der Waals surface area contributed by atoms with E-state index in [4.69, 9.17) is 9.26 Å². The van der Waals surface area contributed by atoms with Gasteiger partial charge in [-0.3, -0.25) is 14.8 Å². The molecule has 0 atom stereocenters. The molecule has 0 saturated heterocycles. The molecule has 0 saturated carbocycles. The van der Waals surface area contributed by atoms with Crippen molar-refractivity contribution in [2.75, 3.05) is 11.8 Å². The van der Waals surface area contributed by atoms with E-state index >= 15 is 0 Å². The molecule has 0 aliphatic heterocycles. The number of ether oxygens (including phenoxy) is 1. The van der Waals surface area contributed by atoms with E-state index in [-0.39, 0.29) is 22.0 Å². The second kappa shape index (κ2) is 8.15. The normalized spacial score (nSPS) is 11.5.